The number of hydroxylamine groups is 1. The van der Waals surface area contributed by atoms with Crippen molar-refractivity contribution in [3.8, 4) is 0 Å². The summed E-state index contributed by atoms with van der Waals surface area (Å²) in [6, 6.07) is 6.57. The second kappa shape index (κ2) is 7.22. The molecule has 5 atom stereocenters. The zero-order chi connectivity index (χ0) is 17.4. The van der Waals surface area contributed by atoms with Crippen molar-refractivity contribution in [1.82, 2.24) is 27.0 Å². The van der Waals surface area contributed by atoms with Gasteiger partial charge in [-0.15, -0.1) is 11.8 Å². The summed E-state index contributed by atoms with van der Waals surface area (Å²) in [5, 5.41) is 6.61. The molecule has 1 amide bonds. The van der Waals surface area contributed by atoms with Crippen LogP contribution in [0.25, 0.3) is 0 Å². The molecule has 2 saturated heterocycles. The molecular weight excluding hydrogens is 338 g/mol. The van der Waals surface area contributed by atoms with Gasteiger partial charge in [0.1, 0.15) is 17.8 Å². The lowest BCUT2D eigenvalue weighted by Gasteiger charge is -2.18. The third-order valence-electron chi connectivity index (χ3n) is 4.94. The number of nitrogens with one attached hydrogen (secondary N) is 5. The van der Waals surface area contributed by atoms with E-state index in [2.05, 4.69) is 52.1 Å². The van der Waals surface area contributed by atoms with Crippen molar-refractivity contribution >= 4 is 17.7 Å². The van der Waals surface area contributed by atoms with Crippen LogP contribution in [0.5, 0.6) is 0 Å². The van der Waals surface area contributed by atoms with Crippen molar-refractivity contribution in [1.29, 1.82) is 0 Å². The van der Waals surface area contributed by atoms with E-state index >= 15 is 0 Å². The first-order valence-electron chi connectivity index (χ1n) is 8.91. The molecule has 136 valence electrons. The van der Waals surface area contributed by atoms with E-state index in [0.717, 1.165) is 19.3 Å². The second-order valence-corrected chi connectivity index (χ2v) is 8.19. The Labute approximate surface area is 151 Å². The number of aryl methyl sites for hydroxylation is 1. The topological polar surface area (TPSA) is 86.5 Å². The van der Waals surface area contributed by atoms with Gasteiger partial charge < -0.3 is 5.32 Å². The molecule has 2 fully saturated rings. The van der Waals surface area contributed by atoms with Gasteiger partial charge >= 0.3 is 0 Å². The zero-order valence-corrected chi connectivity index (χ0v) is 15.3. The molecule has 0 spiro atoms. The monoisotopic (exact) mass is 363 g/mol. The van der Waals surface area contributed by atoms with Gasteiger partial charge in [0.2, 0.25) is 5.91 Å². The number of hydrogen-bond donors (Lipinski definition) is 5. The van der Waals surface area contributed by atoms with E-state index in [1.165, 1.54) is 16.7 Å². The number of hydrazine groups is 1. The molecule has 5 N–H and O–H groups in total. The van der Waals surface area contributed by atoms with Gasteiger partial charge in [0.15, 0.2) is 0 Å². The molecule has 25 heavy (non-hydrogen) atoms. The van der Waals surface area contributed by atoms with Crippen LogP contribution in [0.4, 0.5) is 0 Å². The smallest absolute Gasteiger partial charge is 0.249 e. The van der Waals surface area contributed by atoms with Crippen LogP contribution < -0.4 is 27.0 Å². The van der Waals surface area contributed by atoms with Crippen molar-refractivity contribution in [2.45, 2.75) is 62.3 Å². The molecule has 1 aliphatic carbocycles. The van der Waals surface area contributed by atoms with Gasteiger partial charge in [-0.1, -0.05) is 25.1 Å². The van der Waals surface area contributed by atoms with E-state index in [-0.39, 0.29) is 35.1 Å². The van der Waals surface area contributed by atoms with Gasteiger partial charge in [-0.2, -0.15) is 5.48 Å². The highest BCUT2D eigenvalue weighted by atomic mass is 32.2. The Morgan fingerprint density at radius 2 is 2.28 bits per heavy atom. The number of benzene rings is 1. The molecule has 4 unspecified atom stereocenters. The SMILES string of the molecule is CCC1NC(c2ccc3c(c2)CC[C@H]3NC(=O)C2NNC(C)S2)NO1. The first kappa shape index (κ1) is 17.3. The summed E-state index contributed by atoms with van der Waals surface area (Å²) < 4.78 is 0. The number of amides is 1. The van der Waals surface area contributed by atoms with Gasteiger partial charge in [0.05, 0.1) is 11.4 Å². The van der Waals surface area contributed by atoms with Crippen LogP contribution in [0.15, 0.2) is 18.2 Å². The Bertz CT molecular complexity index is 658. The largest absolute Gasteiger partial charge is 0.347 e. The number of carbonyl (C=O) groups excluding carboxylic acids is 1. The predicted octanol–water partition coefficient (Wildman–Crippen LogP) is 1.16. The third kappa shape index (κ3) is 3.55. The number of hydrogen-bond acceptors (Lipinski definition) is 7. The third-order valence-corrected chi connectivity index (χ3v) is 6.07. The van der Waals surface area contributed by atoms with Crippen molar-refractivity contribution < 1.29 is 9.63 Å². The van der Waals surface area contributed by atoms with Crippen molar-refractivity contribution in [3.63, 3.8) is 0 Å². The minimum absolute atomic E-state index is 0.0236. The first-order chi connectivity index (χ1) is 12.1. The van der Waals surface area contributed by atoms with Crippen molar-refractivity contribution in [3.05, 3.63) is 34.9 Å². The average Bonchev–Trinajstić information content (AvgIpc) is 3.34. The van der Waals surface area contributed by atoms with E-state index in [9.17, 15) is 4.79 Å². The van der Waals surface area contributed by atoms with Gasteiger partial charge in [0.25, 0.3) is 0 Å². The van der Waals surface area contributed by atoms with E-state index in [1.807, 2.05) is 6.92 Å². The van der Waals surface area contributed by atoms with E-state index in [1.54, 1.807) is 11.8 Å². The van der Waals surface area contributed by atoms with Crippen LogP contribution in [0.2, 0.25) is 0 Å². The number of carbonyl (C=O) groups is 1. The molecule has 8 heteroatoms. The maximum absolute atomic E-state index is 12.4. The fraction of sp³-hybridized carbons (Fsp3) is 0.588. The van der Waals surface area contributed by atoms with Crippen LogP contribution in [0, 0.1) is 0 Å². The lowest BCUT2D eigenvalue weighted by atomic mass is 10.0. The average molecular weight is 363 g/mol. The van der Waals surface area contributed by atoms with Crippen LogP contribution in [0.1, 0.15) is 55.6 Å². The summed E-state index contributed by atoms with van der Waals surface area (Å²) in [5.74, 6) is 0.0436. The quantitative estimate of drug-likeness (QED) is 0.549. The molecule has 1 aromatic rings. The minimum atomic E-state index is -0.228. The lowest BCUT2D eigenvalue weighted by Crippen LogP contribution is -2.43. The van der Waals surface area contributed by atoms with Crippen molar-refractivity contribution in [2.75, 3.05) is 0 Å². The highest BCUT2D eigenvalue weighted by molar-refractivity contribution is 8.01. The summed E-state index contributed by atoms with van der Waals surface area (Å²) >= 11 is 1.60. The maximum Gasteiger partial charge on any atom is 0.249 e. The molecule has 0 saturated carbocycles. The molecule has 1 aromatic carbocycles. The molecule has 0 radical (unpaired) electrons. The molecule has 2 aliphatic heterocycles. The molecular formula is C17H25N5O2S. The Hall–Kier alpha value is -1.16. The van der Waals surface area contributed by atoms with Gasteiger partial charge in [-0.25, -0.2) is 10.9 Å². The molecule has 3 aliphatic rings. The summed E-state index contributed by atoms with van der Waals surface area (Å²) in [5.41, 5.74) is 12.9. The Morgan fingerprint density at radius 1 is 1.40 bits per heavy atom. The maximum atomic E-state index is 12.4. The second-order valence-electron chi connectivity index (χ2n) is 6.74. The molecule has 4 rings (SSSR count). The number of thioether (sulfide) groups is 1. The minimum Gasteiger partial charge on any atom is -0.347 e. The number of rotatable bonds is 4. The Balaban J connectivity index is 1.42. The standard InChI is InChI=1S/C17H25N5O2S/c1-3-14-19-15(22-24-14)11-4-6-12-10(8-11)5-7-13(12)18-16(23)17-21-20-9(2)25-17/h4,6,8-9,13-15,17,19-22H,3,5,7H2,1-2H3,(H,18,23)/t9?,13-,14?,15?,17?/m1/s1. The Kier molecular flexibility index (Phi) is 4.99. The van der Waals surface area contributed by atoms with Crippen LogP contribution in [-0.4, -0.2) is 22.9 Å². The lowest BCUT2D eigenvalue weighted by molar-refractivity contribution is -0.121. The van der Waals surface area contributed by atoms with Gasteiger partial charge in [0, 0.05) is 0 Å². The molecule has 2 heterocycles. The van der Waals surface area contributed by atoms with Gasteiger partial charge in [-0.05, 0) is 42.9 Å². The fourth-order valence-electron chi connectivity index (χ4n) is 3.58. The van der Waals surface area contributed by atoms with Crippen LogP contribution in [-0.2, 0) is 16.1 Å². The Morgan fingerprint density at radius 3 is 3.00 bits per heavy atom. The van der Waals surface area contributed by atoms with Gasteiger partial charge in [-0.3, -0.25) is 14.9 Å². The highest BCUT2D eigenvalue weighted by Gasteiger charge is 2.32. The predicted molar refractivity (Wildman–Crippen MR) is 96.9 cm³/mol. The van der Waals surface area contributed by atoms with Crippen LogP contribution >= 0.6 is 11.8 Å². The summed E-state index contributed by atoms with van der Waals surface area (Å²) in [4.78, 5) is 17.9. The van der Waals surface area contributed by atoms with Crippen LogP contribution in [0.3, 0.4) is 0 Å². The van der Waals surface area contributed by atoms with E-state index < -0.39 is 0 Å². The highest BCUT2D eigenvalue weighted by Crippen LogP contribution is 2.33. The number of fused-ring (bicyclic) bond motifs is 1. The fourth-order valence-corrected chi connectivity index (χ4v) is 4.45. The first-order valence-corrected chi connectivity index (χ1v) is 9.85. The molecule has 0 bridgehead atoms. The molecule has 0 aromatic heterocycles. The summed E-state index contributed by atoms with van der Waals surface area (Å²) in [6.45, 7) is 4.13. The molecule has 7 nitrogen and oxygen atoms in total. The normalized spacial score (nSPS) is 34.2. The van der Waals surface area contributed by atoms with E-state index in [0.29, 0.717) is 0 Å². The zero-order valence-electron chi connectivity index (χ0n) is 14.5. The summed E-state index contributed by atoms with van der Waals surface area (Å²) in [7, 11) is 0. The summed E-state index contributed by atoms with van der Waals surface area (Å²) in [6.07, 6.45) is 2.93. The van der Waals surface area contributed by atoms with Crippen molar-refractivity contribution in [2.24, 2.45) is 0 Å². The van der Waals surface area contributed by atoms with E-state index in [4.69, 9.17) is 4.84 Å².